The van der Waals surface area contributed by atoms with E-state index in [1.165, 1.54) is 16.7 Å². The molecule has 1 N–H and O–H groups in total. The number of aromatic nitrogens is 2. The number of hydrogen-bond donors (Lipinski definition) is 1. The van der Waals surface area contributed by atoms with Gasteiger partial charge in [0.25, 0.3) is 0 Å². The van der Waals surface area contributed by atoms with Crippen molar-refractivity contribution in [2.45, 2.75) is 32.9 Å². The molecular weight excluding hydrogens is 492 g/mol. The highest BCUT2D eigenvalue weighted by Crippen LogP contribution is 2.42. The SMILES string of the molecule is Cc1ccc(-n2cccc2C2C(c3ccccn3)NC(=S)N2c2ccc(Br)c(C)c2)cc1C. The molecule has 1 fully saturated rings. The van der Waals surface area contributed by atoms with Gasteiger partial charge >= 0.3 is 0 Å². The largest absolute Gasteiger partial charge is 0.351 e. The minimum absolute atomic E-state index is 0.0652. The van der Waals surface area contributed by atoms with E-state index in [1.54, 1.807) is 0 Å². The monoisotopic (exact) mass is 516 g/mol. The van der Waals surface area contributed by atoms with Crippen LogP contribution in [0.2, 0.25) is 0 Å². The Balaban J connectivity index is 1.68. The number of aryl methyl sites for hydroxylation is 3. The number of hydrogen-bond acceptors (Lipinski definition) is 2. The highest BCUT2D eigenvalue weighted by Gasteiger charge is 2.42. The Morgan fingerprint density at radius 2 is 1.67 bits per heavy atom. The van der Waals surface area contributed by atoms with Gasteiger partial charge in [0.2, 0.25) is 0 Å². The number of nitrogens with one attached hydrogen (secondary N) is 1. The zero-order valence-corrected chi connectivity index (χ0v) is 21.2. The lowest BCUT2D eigenvalue weighted by Crippen LogP contribution is -2.30. The maximum absolute atomic E-state index is 5.89. The number of thiocarbonyl (C=S) groups is 1. The van der Waals surface area contributed by atoms with Gasteiger partial charge in [-0.3, -0.25) is 4.98 Å². The zero-order valence-electron chi connectivity index (χ0n) is 18.8. The van der Waals surface area contributed by atoms with E-state index in [4.69, 9.17) is 12.2 Å². The molecule has 6 heteroatoms. The van der Waals surface area contributed by atoms with Gasteiger partial charge in [-0.1, -0.05) is 28.1 Å². The number of anilines is 1. The molecule has 0 bridgehead atoms. The van der Waals surface area contributed by atoms with Crippen molar-refractivity contribution in [3.63, 3.8) is 0 Å². The van der Waals surface area contributed by atoms with Gasteiger partial charge in [-0.15, -0.1) is 0 Å². The molecule has 4 nitrogen and oxygen atoms in total. The van der Waals surface area contributed by atoms with Crippen LogP contribution in [0.4, 0.5) is 5.69 Å². The Morgan fingerprint density at radius 1 is 0.879 bits per heavy atom. The first-order chi connectivity index (χ1) is 15.9. The third-order valence-corrected chi connectivity index (χ3v) is 7.57. The van der Waals surface area contributed by atoms with Gasteiger partial charge in [0.05, 0.1) is 11.7 Å². The van der Waals surface area contributed by atoms with Crippen LogP contribution in [0, 0.1) is 20.8 Å². The summed E-state index contributed by atoms with van der Waals surface area (Å²) in [6, 6.07) is 23.1. The topological polar surface area (TPSA) is 33.1 Å². The summed E-state index contributed by atoms with van der Waals surface area (Å²) in [5.74, 6) is 0. The third kappa shape index (κ3) is 3.98. The number of benzene rings is 2. The zero-order chi connectivity index (χ0) is 23.1. The van der Waals surface area contributed by atoms with Crippen LogP contribution in [0.25, 0.3) is 5.69 Å². The summed E-state index contributed by atoms with van der Waals surface area (Å²) in [4.78, 5) is 6.90. The van der Waals surface area contributed by atoms with Crippen molar-refractivity contribution in [3.8, 4) is 5.69 Å². The minimum atomic E-state index is -0.0807. The van der Waals surface area contributed by atoms with E-state index in [1.807, 2.05) is 18.3 Å². The molecule has 5 rings (SSSR count). The van der Waals surface area contributed by atoms with Crippen molar-refractivity contribution in [2.24, 2.45) is 0 Å². The van der Waals surface area contributed by atoms with Crippen molar-refractivity contribution >= 4 is 38.9 Å². The minimum Gasteiger partial charge on any atom is -0.351 e. The van der Waals surface area contributed by atoms with E-state index >= 15 is 0 Å². The summed E-state index contributed by atoms with van der Waals surface area (Å²) in [6.45, 7) is 6.40. The Hall–Kier alpha value is -2.96. The number of pyridine rings is 1. The molecule has 0 spiro atoms. The molecule has 2 aromatic heterocycles. The Kier molecular flexibility index (Phi) is 5.81. The van der Waals surface area contributed by atoms with Gasteiger partial charge in [-0.25, -0.2) is 0 Å². The lowest BCUT2D eigenvalue weighted by Gasteiger charge is -2.29. The fourth-order valence-corrected chi connectivity index (χ4v) is 5.05. The van der Waals surface area contributed by atoms with Crippen LogP contribution >= 0.6 is 28.1 Å². The quantitative estimate of drug-likeness (QED) is 0.304. The summed E-state index contributed by atoms with van der Waals surface area (Å²) in [7, 11) is 0. The average Bonchev–Trinajstić information content (AvgIpc) is 3.42. The molecular formula is C27H25BrN4S. The summed E-state index contributed by atoms with van der Waals surface area (Å²) in [6.07, 6.45) is 3.97. The molecule has 166 valence electrons. The molecule has 1 saturated heterocycles. The second-order valence-corrected chi connectivity index (χ2v) is 9.74. The number of rotatable bonds is 4. The highest BCUT2D eigenvalue weighted by atomic mass is 79.9. The molecule has 2 aromatic carbocycles. The smallest absolute Gasteiger partial charge is 0.174 e. The molecule has 4 aromatic rings. The molecule has 0 aliphatic carbocycles. The van der Waals surface area contributed by atoms with Gasteiger partial charge in [-0.05, 0) is 104 Å². The predicted molar refractivity (Wildman–Crippen MR) is 142 cm³/mol. The maximum Gasteiger partial charge on any atom is 0.174 e. The van der Waals surface area contributed by atoms with Gasteiger partial charge in [0, 0.05) is 33.9 Å². The Morgan fingerprint density at radius 3 is 2.39 bits per heavy atom. The first-order valence-corrected chi connectivity index (χ1v) is 12.2. The lowest BCUT2D eigenvalue weighted by atomic mass is 10.00. The molecule has 1 aliphatic rings. The molecule has 1 aliphatic heterocycles. The normalized spacial score (nSPS) is 17.9. The second kappa shape index (κ2) is 8.76. The van der Waals surface area contributed by atoms with Crippen LogP contribution in [-0.4, -0.2) is 14.7 Å². The molecule has 0 saturated carbocycles. The first kappa shape index (κ1) is 21.9. The predicted octanol–water partition coefficient (Wildman–Crippen LogP) is 6.74. The standard InChI is InChI=1S/C27H25BrN4S/c1-17-9-10-20(15-18(17)2)31-14-6-8-24(31)26-25(23-7-4-5-13-29-23)30-27(33)32(26)21-11-12-22(28)19(3)16-21/h4-16,25-26H,1-3H3,(H,30,33). The van der Waals surface area contributed by atoms with Crippen LogP contribution in [0.15, 0.2) is 83.6 Å². The molecule has 0 radical (unpaired) electrons. The summed E-state index contributed by atoms with van der Waals surface area (Å²) in [5, 5.41) is 4.26. The van der Waals surface area contributed by atoms with Crippen molar-refractivity contribution in [2.75, 3.05) is 4.90 Å². The van der Waals surface area contributed by atoms with E-state index in [0.29, 0.717) is 5.11 Å². The van der Waals surface area contributed by atoms with Gasteiger partial charge in [0.1, 0.15) is 6.04 Å². The van der Waals surface area contributed by atoms with Crippen molar-refractivity contribution < 1.29 is 0 Å². The van der Waals surface area contributed by atoms with Crippen LogP contribution in [0.1, 0.15) is 40.2 Å². The average molecular weight is 517 g/mol. The second-order valence-electron chi connectivity index (χ2n) is 8.50. The van der Waals surface area contributed by atoms with Gasteiger partial charge < -0.3 is 14.8 Å². The molecule has 2 unspecified atom stereocenters. The van der Waals surface area contributed by atoms with Gasteiger partial charge in [0.15, 0.2) is 5.11 Å². The van der Waals surface area contributed by atoms with Crippen LogP contribution in [0.3, 0.4) is 0 Å². The van der Waals surface area contributed by atoms with Crippen molar-refractivity contribution in [3.05, 3.63) is 112 Å². The molecule has 0 amide bonds. The Labute approximate surface area is 208 Å². The van der Waals surface area contributed by atoms with Crippen LogP contribution in [0.5, 0.6) is 0 Å². The van der Waals surface area contributed by atoms with Crippen molar-refractivity contribution in [1.29, 1.82) is 0 Å². The van der Waals surface area contributed by atoms with E-state index in [0.717, 1.165) is 27.2 Å². The first-order valence-electron chi connectivity index (χ1n) is 11.0. The number of nitrogens with zero attached hydrogens (tertiary/aromatic N) is 3. The summed E-state index contributed by atoms with van der Waals surface area (Å²) in [5.41, 5.74) is 8.05. The number of halogens is 1. The fraction of sp³-hybridized carbons (Fsp3) is 0.185. The van der Waals surface area contributed by atoms with E-state index in [2.05, 4.69) is 117 Å². The molecule has 2 atom stereocenters. The van der Waals surface area contributed by atoms with E-state index in [-0.39, 0.29) is 12.1 Å². The lowest BCUT2D eigenvalue weighted by molar-refractivity contribution is 0.549. The van der Waals surface area contributed by atoms with Crippen molar-refractivity contribution in [1.82, 2.24) is 14.9 Å². The van der Waals surface area contributed by atoms with Crippen LogP contribution in [-0.2, 0) is 0 Å². The molecule has 33 heavy (non-hydrogen) atoms. The van der Waals surface area contributed by atoms with E-state index in [9.17, 15) is 0 Å². The molecule has 3 heterocycles. The fourth-order valence-electron chi connectivity index (χ4n) is 4.46. The maximum atomic E-state index is 5.89. The Bertz CT molecular complexity index is 1330. The highest BCUT2D eigenvalue weighted by molar-refractivity contribution is 9.10. The van der Waals surface area contributed by atoms with Gasteiger partial charge in [-0.2, -0.15) is 0 Å². The summed E-state index contributed by atoms with van der Waals surface area (Å²) >= 11 is 9.52. The summed E-state index contributed by atoms with van der Waals surface area (Å²) < 4.78 is 3.35. The van der Waals surface area contributed by atoms with Crippen LogP contribution < -0.4 is 10.2 Å². The third-order valence-electron chi connectivity index (χ3n) is 6.37. The van der Waals surface area contributed by atoms with E-state index < -0.39 is 0 Å².